The van der Waals surface area contributed by atoms with Gasteiger partial charge < -0.3 is 0 Å². The molecule has 0 aliphatic heterocycles. The fraction of sp³-hybridized carbons (Fsp3) is 0.462. The summed E-state index contributed by atoms with van der Waals surface area (Å²) in [5, 5.41) is 4.20. The summed E-state index contributed by atoms with van der Waals surface area (Å²) in [4.78, 5) is 2.91. The summed E-state index contributed by atoms with van der Waals surface area (Å²) in [7, 11) is 1.94. The second-order valence-electron chi connectivity index (χ2n) is 4.90. The number of hydrazine groups is 1. The molecule has 0 radical (unpaired) electrons. The van der Waals surface area contributed by atoms with Crippen LogP contribution in [0, 0.1) is 0 Å². The van der Waals surface area contributed by atoms with Crippen LogP contribution in [0.3, 0.4) is 0 Å². The Hall–Kier alpha value is -1.17. The average molecular weight is 262 g/mol. The number of nitrogens with zero attached hydrogens (tertiary/aromatic N) is 2. The predicted molar refractivity (Wildman–Crippen MR) is 73.3 cm³/mol. The highest BCUT2D eigenvalue weighted by Crippen LogP contribution is 2.34. The molecule has 0 saturated carbocycles. The molecule has 0 aromatic carbocycles. The molecule has 0 saturated heterocycles. The number of hydrogen-bond acceptors (Lipinski definition) is 4. The largest absolute Gasteiger partial charge is 0.276 e. The van der Waals surface area contributed by atoms with Crippen molar-refractivity contribution in [3.63, 3.8) is 0 Å². The molecule has 1 aliphatic rings. The lowest BCUT2D eigenvalue weighted by Gasteiger charge is -2.13. The van der Waals surface area contributed by atoms with E-state index in [0.717, 1.165) is 6.42 Å². The molecular weight excluding hydrogens is 244 g/mol. The zero-order valence-corrected chi connectivity index (χ0v) is 11.3. The van der Waals surface area contributed by atoms with Crippen LogP contribution in [0.25, 0.3) is 0 Å². The highest BCUT2D eigenvalue weighted by molar-refractivity contribution is 7.12. The minimum absolute atomic E-state index is 0.199. The van der Waals surface area contributed by atoms with E-state index in [9.17, 15) is 0 Å². The van der Waals surface area contributed by atoms with Gasteiger partial charge in [0.25, 0.3) is 0 Å². The summed E-state index contributed by atoms with van der Waals surface area (Å²) < 4.78 is 1.83. The van der Waals surface area contributed by atoms with E-state index in [2.05, 4.69) is 16.6 Å². The first-order valence-electron chi connectivity index (χ1n) is 6.31. The van der Waals surface area contributed by atoms with Gasteiger partial charge in [0.15, 0.2) is 0 Å². The Morgan fingerprint density at radius 3 is 3.11 bits per heavy atom. The quantitative estimate of drug-likeness (QED) is 0.651. The third kappa shape index (κ3) is 2.21. The second-order valence-corrected chi connectivity index (χ2v) is 6.06. The Kier molecular flexibility index (Phi) is 3.20. The Morgan fingerprint density at radius 1 is 1.56 bits per heavy atom. The van der Waals surface area contributed by atoms with Crippen LogP contribution in [0.2, 0.25) is 0 Å². The maximum Gasteiger partial charge on any atom is 0.0594 e. The molecule has 2 aromatic rings. The molecule has 0 spiro atoms. The first-order valence-corrected chi connectivity index (χ1v) is 7.13. The van der Waals surface area contributed by atoms with E-state index < -0.39 is 0 Å². The van der Waals surface area contributed by atoms with E-state index in [0.29, 0.717) is 0 Å². The number of fused-ring (bicyclic) bond motifs is 1. The maximum atomic E-state index is 5.71. The molecule has 3 N–H and O–H groups in total. The molecule has 4 nitrogen and oxygen atoms in total. The molecule has 2 aromatic heterocycles. The van der Waals surface area contributed by atoms with E-state index in [1.165, 1.54) is 35.3 Å². The summed E-state index contributed by atoms with van der Waals surface area (Å²) in [5.74, 6) is 5.71. The van der Waals surface area contributed by atoms with Crippen LogP contribution in [-0.2, 0) is 26.3 Å². The molecule has 96 valence electrons. The maximum absolute atomic E-state index is 5.71. The van der Waals surface area contributed by atoms with Gasteiger partial charge in [-0.15, -0.1) is 11.3 Å². The number of nitrogens with one attached hydrogen (secondary N) is 1. The number of rotatable bonds is 4. The fourth-order valence-corrected chi connectivity index (χ4v) is 3.90. The van der Waals surface area contributed by atoms with Crippen molar-refractivity contribution in [2.75, 3.05) is 0 Å². The zero-order chi connectivity index (χ0) is 12.5. The van der Waals surface area contributed by atoms with Crippen LogP contribution in [0.15, 0.2) is 18.5 Å². The zero-order valence-electron chi connectivity index (χ0n) is 10.5. The van der Waals surface area contributed by atoms with Gasteiger partial charge >= 0.3 is 0 Å². The lowest BCUT2D eigenvalue weighted by atomic mass is 10.1. The SMILES string of the molecule is Cn1cc(CC(NN)c2cc3c(s2)CCC3)cn1. The highest BCUT2D eigenvalue weighted by Gasteiger charge is 2.20. The highest BCUT2D eigenvalue weighted by atomic mass is 32.1. The predicted octanol–water partition coefficient (Wildman–Crippen LogP) is 1.72. The molecule has 0 fully saturated rings. The van der Waals surface area contributed by atoms with Gasteiger partial charge in [-0.1, -0.05) is 0 Å². The smallest absolute Gasteiger partial charge is 0.0594 e. The lowest BCUT2D eigenvalue weighted by Crippen LogP contribution is -2.28. The van der Waals surface area contributed by atoms with Crippen LogP contribution >= 0.6 is 11.3 Å². The topological polar surface area (TPSA) is 55.9 Å². The van der Waals surface area contributed by atoms with Crippen molar-refractivity contribution in [3.8, 4) is 0 Å². The Bertz CT molecular complexity index is 521. The summed E-state index contributed by atoms with van der Waals surface area (Å²) in [5.41, 5.74) is 5.68. The summed E-state index contributed by atoms with van der Waals surface area (Å²) in [6.07, 6.45) is 8.63. The monoisotopic (exact) mass is 262 g/mol. The van der Waals surface area contributed by atoms with Crippen LogP contribution in [-0.4, -0.2) is 9.78 Å². The first-order chi connectivity index (χ1) is 8.76. The van der Waals surface area contributed by atoms with Crippen molar-refractivity contribution >= 4 is 11.3 Å². The summed E-state index contributed by atoms with van der Waals surface area (Å²) >= 11 is 1.91. The summed E-state index contributed by atoms with van der Waals surface area (Å²) in [6.45, 7) is 0. The fourth-order valence-electron chi connectivity index (χ4n) is 2.58. The number of thiophene rings is 1. The van der Waals surface area contributed by atoms with Crippen molar-refractivity contribution in [2.45, 2.75) is 31.7 Å². The molecule has 5 heteroatoms. The minimum Gasteiger partial charge on any atom is -0.276 e. The number of aromatic nitrogens is 2. The molecule has 1 atom stereocenters. The Balaban J connectivity index is 1.79. The van der Waals surface area contributed by atoms with E-state index in [1.807, 2.05) is 35.5 Å². The number of aryl methyl sites for hydroxylation is 3. The normalized spacial score (nSPS) is 15.9. The molecule has 2 heterocycles. The van der Waals surface area contributed by atoms with E-state index in [1.54, 1.807) is 4.88 Å². The van der Waals surface area contributed by atoms with Crippen molar-refractivity contribution in [1.82, 2.24) is 15.2 Å². The third-order valence-corrected chi connectivity index (χ3v) is 4.86. The molecule has 0 bridgehead atoms. The van der Waals surface area contributed by atoms with Crippen molar-refractivity contribution in [3.05, 3.63) is 39.3 Å². The van der Waals surface area contributed by atoms with Crippen LogP contribution in [0.5, 0.6) is 0 Å². The molecule has 3 rings (SSSR count). The van der Waals surface area contributed by atoms with Gasteiger partial charge in [0, 0.05) is 23.0 Å². The van der Waals surface area contributed by atoms with Crippen molar-refractivity contribution in [2.24, 2.45) is 12.9 Å². The van der Waals surface area contributed by atoms with Crippen molar-refractivity contribution in [1.29, 1.82) is 0 Å². The molecule has 18 heavy (non-hydrogen) atoms. The van der Waals surface area contributed by atoms with Crippen LogP contribution in [0.1, 0.15) is 33.3 Å². The Labute approximate surface area is 111 Å². The van der Waals surface area contributed by atoms with Gasteiger partial charge in [-0.05, 0) is 42.9 Å². The van der Waals surface area contributed by atoms with Crippen LogP contribution in [0.4, 0.5) is 0 Å². The number of nitrogens with two attached hydrogens (primary N) is 1. The third-order valence-electron chi connectivity index (χ3n) is 3.51. The van der Waals surface area contributed by atoms with E-state index in [-0.39, 0.29) is 6.04 Å². The van der Waals surface area contributed by atoms with Crippen LogP contribution < -0.4 is 11.3 Å². The van der Waals surface area contributed by atoms with Gasteiger partial charge in [0.2, 0.25) is 0 Å². The minimum atomic E-state index is 0.199. The van der Waals surface area contributed by atoms with Gasteiger partial charge in [0.05, 0.1) is 12.2 Å². The summed E-state index contributed by atoms with van der Waals surface area (Å²) in [6, 6.07) is 2.53. The number of hydrogen-bond donors (Lipinski definition) is 2. The lowest BCUT2D eigenvalue weighted by molar-refractivity contribution is 0.560. The molecular formula is C13H18N4S. The van der Waals surface area contributed by atoms with E-state index >= 15 is 0 Å². The Morgan fingerprint density at radius 2 is 2.44 bits per heavy atom. The molecule has 1 aliphatic carbocycles. The molecule has 0 amide bonds. The second kappa shape index (κ2) is 4.84. The van der Waals surface area contributed by atoms with Gasteiger partial charge in [-0.3, -0.25) is 16.0 Å². The molecule has 1 unspecified atom stereocenters. The van der Waals surface area contributed by atoms with Gasteiger partial charge in [-0.25, -0.2) is 0 Å². The average Bonchev–Trinajstić information content (AvgIpc) is 3.00. The van der Waals surface area contributed by atoms with E-state index in [4.69, 9.17) is 5.84 Å². The van der Waals surface area contributed by atoms with Gasteiger partial charge in [-0.2, -0.15) is 5.10 Å². The van der Waals surface area contributed by atoms with Gasteiger partial charge in [0.1, 0.15) is 0 Å². The first kappa shape index (κ1) is 11.9. The van der Waals surface area contributed by atoms with Crippen molar-refractivity contribution < 1.29 is 0 Å². The standard InChI is InChI=1S/C13H18N4S/c1-17-8-9(7-15-17)5-11(16-14)13-6-10-3-2-4-12(10)18-13/h6-8,11,16H,2-5,14H2,1H3.